The molecule has 13 heavy (non-hydrogen) atoms. The summed E-state index contributed by atoms with van der Waals surface area (Å²) >= 11 is 5.80. The normalized spacial score (nSPS) is 23.7. The second-order valence-electron chi connectivity index (χ2n) is 3.29. The summed E-state index contributed by atoms with van der Waals surface area (Å²) < 4.78 is 0. The van der Waals surface area contributed by atoms with E-state index in [2.05, 4.69) is 0 Å². The van der Waals surface area contributed by atoms with E-state index in [0.717, 1.165) is 18.0 Å². The highest BCUT2D eigenvalue weighted by molar-refractivity contribution is 6.30. The lowest BCUT2D eigenvalue weighted by Gasteiger charge is -2.11. The smallest absolute Gasteiger partial charge is 0.106 e. The van der Waals surface area contributed by atoms with Crippen molar-refractivity contribution in [2.45, 2.75) is 12.5 Å². The van der Waals surface area contributed by atoms with Crippen LogP contribution in [-0.4, -0.2) is 18.7 Å². The minimum Gasteiger partial charge on any atom is -0.291 e. The summed E-state index contributed by atoms with van der Waals surface area (Å²) in [6.07, 6.45) is 1.26. The van der Waals surface area contributed by atoms with Crippen LogP contribution < -0.4 is 0 Å². The monoisotopic (exact) mass is 197 g/mol. The number of hydroxylamine groups is 2. The number of hydrogen-bond donors (Lipinski definition) is 0. The van der Waals surface area contributed by atoms with E-state index in [4.69, 9.17) is 16.4 Å². The standard InChI is InChI=1S/C10H12ClNO/c1-12-7-6-10(13-12)8-2-4-9(11)5-3-8/h2-5,10H,6-7H2,1H3. The Labute approximate surface area is 83.0 Å². The van der Waals surface area contributed by atoms with Crippen molar-refractivity contribution in [1.29, 1.82) is 0 Å². The predicted molar refractivity (Wildman–Crippen MR) is 52.5 cm³/mol. The minimum absolute atomic E-state index is 0.210. The number of rotatable bonds is 1. The van der Waals surface area contributed by atoms with Crippen LogP contribution in [0.2, 0.25) is 5.02 Å². The molecule has 0 N–H and O–H groups in total. The van der Waals surface area contributed by atoms with Gasteiger partial charge in [0.05, 0.1) is 0 Å². The summed E-state index contributed by atoms with van der Waals surface area (Å²) in [5.41, 5.74) is 1.20. The molecule has 2 rings (SSSR count). The number of benzene rings is 1. The Bertz CT molecular complexity index is 285. The summed E-state index contributed by atoms with van der Waals surface area (Å²) in [6.45, 7) is 0.993. The molecule has 70 valence electrons. The highest BCUT2D eigenvalue weighted by Crippen LogP contribution is 2.28. The van der Waals surface area contributed by atoms with E-state index in [1.54, 1.807) is 0 Å². The molecule has 0 aromatic heterocycles. The van der Waals surface area contributed by atoms with Crippen LogP contribution in [-0.2, 0) is 4.84 Å². The second-order valence-corrected chi connectivity index (χ2v) is 3.72. The Morgan fingerprint density at radius 3 is 2.62 bits per heavy atom. The van der Waals surface area contributed by atoms with E-state index in [-0.39, 0.29) is 6.10 Å². The van der Waals surface area contributed by atoms with Gasteiger partial charge in [0.2, 0.25) is 0 Å². The number of nitrogens with zero attached hydrogens (tertiary/aromatic N) is 1. The van der Waals surface area contributed by atoms with Crippen molar-refractivity contribution in [3.8, 4) is 0 Å². The largest absolute Gasteiger partial charge is 0.291 e. The van der Waals surface area contributed by atoms with Gasteiger partial charge >= 0.3 is 0 Å². The van der Waals surface area contributed by atoms with Crippen LogP contribution in [0, 0.1) is 0 Å². The third-order valence-electron chi connectivity index (χ3n) is 2.26. The topological polar surface area (TPSA) is 12.5 Å². The van der Waals surface area contributed by atoms with Gasteiger partial charge in [-0.25, -0.2) is 0 Å². The zero-order valence-electron chi connectivity index (χ0n) is 7.53. The molecule has 1 aromatic carbocycles. The molecule has 1 fully saturated rings. The molecule has 0 aliphatic carbocycles. The van der Waals surface area contributed by atoms with Gasteiger partial charge in [-0.2, -0.15) is 5.06 Å². The first kappa shape index (κ1) is 9.00. The fraction of sp³-hybridized carbons (Fsp3) is 0.400. The maximum Gasteiger partial charge on any atom is 0.106 e. The molecular weight excluding hydrogens is 186 g/mol. The van der Waals surface area contributed by atoms with E-state index in [1.165, 1.54) is 5.56 Å². The van der Waals surface area contributed by atoms with E-state index in [9.17, 15) is 0 Å². The van der Waals surface area contributed by atoms with Gasteiger partial charge in [0.15, 0.2) is 0 Å². The Balaban J connectivity index is 2.13. The van der Waals surface area contributed by atoms with E-state index in [0.29, 0.717) is 0 Å². The third kappa shape index (κ3) is 2.02. The van der Waals surface area contributed by atoms with Gasteiger partial charge < -0.3 is 0 Å². The first-order chi connectivity index (χ1) is 6.25. The summed E-state index contributed by atoms with van der Waals surface area (Å²) in [6, 6.07) is 7.84. The zero-order chi connectivity index (χ0) is 9.26. The molecule has 1 atom stereocenters. The summed E-state index contributed by atoms with van der Waals surface area (Å²) in [5, 5.41) is 2.65. The second kappa shape index (κ2) is 3.66. The van der Waals surface area contributed by atoms with Crippen molar-refractivity contribution in [3.05, 3.63) is 34.9 Å². The molecule has 1 saturated heterocycles. The molecule has 0 spiro atoms. The lowest BCUT2D eigenvalue weighted by atomic mass is 10.1. The van der Waals surface area contributed by atoms with Crippen LogP contribution in [0.4, 0.5) is 0 Å². The Kier molecular flexibility index (Phi) is 2.54. The Morgan fingerprint density at radius 2 is 2.08 bits per heavy atom. The summed E-state index contributed by atoms with van der Waals surface area (Å²) in [5.74, 6) is 0. The quantitative estimate of drug-likeness (QED) is 0.687. The Hall–Kier alpha value is -0.570. The molecule has 3 heteroatoms. The molecular formula is C10H12ClNO. The lowest BCUT2D eigenvalue weighted by Crippen LogP contribution is -2.10. The highest BCUT2D eigenvalue weighted by atomic mass is 35.5. The van der Waals surface area contributed by atoms with Gasteiger partial charge in [-0.05, 0) is 24.1 Å². The van der Waals surface area contributed by atoms with Gasteiger partial charge in [0.1, 0.15) is 6.10 Å². The molecule has 1 aliphatic rings. The van der Waals surface area contributed by atoms with Crippen molar-refractivity contribution in [3.63, 3.8) is 0 Å². The molecule has 1 unspecified atom stereocenters. The molecule has 0 saturated carbocycles. The van der Waals surface area contributed by atoms with Crippen molar-refractivity contribution in [2.75, 3.05) is 13.6 Å². The molecule has 1 aliphatic heterocycles. The maximum absolute atomic E-state index is 5.80. The van der Waals surface area contributed by atoms with Gasteiger partial charge in [-0.1, -0.05) is 23.7 Å². The predicted octanol–water partition coefficient (Wildman–Crippen LogP) is 2.65. The molecule has 0 radical (unpaired) electrons. The van der Waals surface area contributed by atoms with Crippen LogP contribution in [0.15, 0.2) is 24.3 Å². The van der Waals surface area contributed by atoms with E-state index in [1.807, 2.05) is 36.4 Å². The van der Waals surface area contributed by atoms with E-state index >= 15 is 0 Å². The van der Waals surface area contributed by atoms with Crippen molar-refractivity contribution in [1.82, 2.24) is 5.06 Å². The molecule has 1 aromatic rings. The average Bonchev–Trinajstić information content (AvgIpc) is 2.53. The highest BCUT2D eigenvalue weighted by Gasteiger charge is 2.21. The van der Waals surface area contributed by atoms with E-state index < -0.39 is 0 Å². The van der Waals surface area contributed by atoms with Crippen LogP contribution >= 0.6 is 11.6 Å². The molecule has 0 bridgehead atoms. The molecule has 1 heterocycles. The van der Waals surface area contributed by atoms with Gasteiger partial charge in [-0.3, -0.25) is 4.84 Å². The number of halogens is 1. The van der Waals surface area contributed by atoms with Crippen LogP contribution in [0.1, 0.15) is 18.1 Å². The first-order valence-electron chi connectivity index (χ1n) is 4.39. The first-order valence-corrected chi connectivity index (χ1v) is 4.77. The zero-order valence-corrected chi connectivity index (χ0v) is 8.29. The van der Waals surface area contributed by atoms with Gasteiger partial charge in [-0.15, -0.1) is 0 Å². The minimum atomic E-state index is 0.210. The van der Waals surface area contributed by atoms with Crippen molar-refractivity contribution in [2.24, 2.45) is 0 Å². The molecule has 2 nitrogen and oxygen atoms in total. The fourth-order valence-corrected chi connectivity index (χ4v) is 1.65. The summed E-state index contributed by atoms with van der Waals surface area (Å²) in [7, 11) is 1.95. The van der Waals surface area contributed by atoms with Crippen molar-refractivity contribution >= 4 is 11.6 Å². The maximum atomic E-state index is 5.80. The van der Waals surface area contributed by atoms with Gasteiger partial charge in [0.25, 0.3) is 0 Å². The SMILES string of the molecule is CN1CCC(c2ccc(Cl)cc2)O1. The number of hydrogen-bond acceptors (Lipinski definition) is 2. The lowest BCUT2D eigenvalue weighted by molar-refractivity contribution is -0.128. The van der Waals surface area contributed by atoms with Crippen LogP contribution in [0.3, 0.4) is 0 Å². The fourth-order valence-electron chi connectivity index (χ4n) is 1.53. The molecule has 0 amide bonds. The Morgan fingerprint density at radius 1 is 1.38 bits per heavy atom. The summed E-state index contributed by atoms with van der Waals surface area (Å²) in [4.78, 5) is 5.58. The van der Waals surface area contributed by atoms with Crippen LogP contribution in [0.25, 0.3) is 0 Å². The van der Waals surface area contributed by atoms with Gasteiger partial charge in [0, 0.05) is 18.6 Å². The van der Waals surface area contributed by atoms with Crippen LogP contribution in [0.5, 0.6) is 0 Å². The third-order valence-corrected chi connectivity index (χ3v) is 2.51. The average molecular weight is 198 g/mol. The van der Waals surface area contributed by atoms with Crippen molar-refractivity contribution < 1.29 is 4.84 Å².